The van der Waals surface area contributed by atoms with E-state index in [2.05, 4.69) is 15.4 Å². The summed E-state index contributed by atoms with van der Waals surface area (Å²) in [7, 11) is 0. The Morgan fingerprint density at radius 3 is 2.34 bits per heavy atom. The Labute approximate surface area is 196 Å². The molecule has 12 heteroatoms. The fourth-order valence-electron chi connectivity index (χ4n) is 3.74. The zero-order valence-corrected chi connectivity index (χ0v) is 18.6. The lowest BCUT2D eigenvalue weighted by Gasteiger charge is -2.18. The molecule has 0 aliphatic carbocycles. The van der Waals surface area contributed by atoms with Crippen LogP contribution in [0, 0.1) is 6.92 Å². The van der Waals surface area contributed by atoms with E-state index in [1.165, 1.54) is 13.0 Å². The molecule has 0 bridgehead atoms. The number of nitrogens with two attached hydrogens (primary N) is 2. The third-order valence-corrected chi connectivity index (χ3v) is 5.50. The predicted octanol–water partition coefficient (Wildman–Crippen LogP) is 2.97. The van der Waals surface area contributed by atoms with Gasteiger partial charge in [0.15, 0.2) is 5.69 Å². The molecule has 0 saturated heterocycles. The Balaban J connectivity index is 1.83. The lowest BCUT2D eigenvalue weighted by molar-refractivity contribution is -0.137. The summed E-state index contributed by atoms with van der Waals surface area (Å²) in [5.74, 6) is -1.77. The smallest absolute Gasteiger partial charge is 0.399 e. The summed E-state index contributed by atoms with van der Waals surface area (Å²) in [5, 5.41) is 12.0. The van der Waals surface area contributed by atoms with Crippen LogP contribution in [0.1, 0.15) is 45.7 Å². The number of rotatable bonds is 5. The van der Waals surface area contributed by atoms with E-state index in [4.69, 9.17) is 11.5 Å². The van der Waals surface area contributed by atoms with Crippen LogP contribution in [0.2, 0.25) is 0 Å². The average molecular weight is 483 g/mol. The van der Waals surface area contributed by atoms with Gasteiger partial charge in [-0.1, -0.05) is 18.2 Å². The van der Waals surface area contributed by atoms with Crippen LogP contribution in [-0.4, -0.2) is 30.7 Å². The van der Waals surface area contributed by atoms with E-state index in [0.717, 1.165) is 28.6 Å². The molecule has 0 aliphatic heterocycles. The lowest BCUT2D eigenvalue weighted by Crippen LogP contribution is -2.28. The van der Waals surface area contributed by atoms with Crippen LogP contribution < -0.4 is 17.0 Å². The van der Waals surface area contributed by atoms with E-state index in [1.54, 1.807) is 42.1 Å². The first kappa shape index (κ1) is 23.7. The first-order chi connectivity index (χ1) is 16.5. The Morgan fingerprint density at radius 1 is 1.06 bits per heavy atom. The van der Waals surface area contributed by atoms with Gasteiger partial charge >= 0.3 is 6.18 Å². The van der Waals surface area contributed by atoms with Crippen molar-refractivity contribution >= 4 is 11.6 Å². The van der Waals surface area contributed by atoms with Crippen LogP contribution in [-0.2, 0) is 6.18 Å². The van der Waals surface area contributed by atoms with Gasteiger partial charge in [-0.2, -0.15) is 23.0 Å². The van der Waals surface area contributed by atoms with Crippen molar-refractivity contribution in [2.75, 3.05) is 5.73 Å². The summed E-state index contributed by atoms with van der Waals surface area (Å²) >= 11 is 0. The molecule has 4 aromatic rings. The highest BCUT2D eigenvalue weighted by Crippen LogP contribution is 2.35. The molecular weight excluding hydrogens is 463 g/mol. The third-order valence-electron chi connectivity index (χ3n) is 5.50. The maximum absolute atomic E-state index is 13.3. The highest BCUT2D eigenvalue weighted by Gasteiger charge is 2.32. The number of nitrogen functional groups attached to an aromatic ring is 1. The number of nitrogens with zero attached hydrogens (tertiary/aromatic N) is 5. The topological polar surface area (TPSA) is 135 Å². The number of carbonyl (C=O) groups is 1. The minimum absolute atomic E-state index is 0.0840. The maximum Gasteiger partial charge on any atom is 0.416 e. The molecule has 0 saturated carbocycles. The van der Waals surface area contributed by atoms with Crippen LogP contribution in [0.15, 0.2) is 59.5 Å². The molecule has 180 valence electrons. The van der Waals surface area contributed by atoms with E-state index in [1.807, 2.05) is 0 Å². The SMILES string of the molecule is Cc1cnnn1-c1cccc(-n2nc(C(N)=O)c(C(C)c3cc(N)cc(C(F)(F)F)c3)cc2=O)c1. The van der Waals surface area contributed by atoms with Crippen molar-refractivity contribution in [2.24, 2.45) is 5.73 Å². The van der Waals surface area contributed by atoms with Crippen molar-refractivity contribution in [3.63, 3.8) is 0 Å². The number of aromatic nitrogens is 5. The molecule has 0 fully saturated rings. The van der Waals surface area contributed by atoms with Crippen LogP contribution in [0.3, 0.4) is 0 Å². The van der Waals surface area contributed by atoms with Gasteiger partial charge < -0.3 is 11.5 Å². The first-order valence-corrected chi connectivity index (χ1v) is 10.4. The van der Waals surface area contributed by atoms with Crippen molar-refractivity contribution < 1.29 is 18.0 Å². The highest BCUT2D eigenvalue weighted by atomic mass is 19.4. The number of amides is 1. The molecule has 0 aliphatic rings. The number of carbonyl (C=O) groups excluding carboxylic acids is 1. The molecule has 1 amide bonds. The normalized spacial score (nSPS) is 12.5. The van der Waals surface area contributed by atoms with Gasteiger partial charge in [-0.15, -0.1) is 5.10 Å². The molecule has 1 unspecified atom stereocenters. The van der Waals surface area contributed by atoms with Gasteiger partial charge in [0.1, 0.15) is 0 Å². The molecule has 4 N–H and O–H groups in total. The molecule has 0 radical (unpaired) electrons. The van der Waals surface area contributed by atoms with E-state index < -0.39 is 29.1 Å². The number of primary amides is 1. The monoisotopic (exact) mass is 483 g/mol. The van der Waals surface area contributed by atoms with Gasteiger partial charge in [0.25, 0.3) is 11.5 Å². The van der Waals surface area contributed by atoms with Gasteiger partial charge in [-0.05, 0) is 54.4 Å². The second kappa shape index (κ2) is 8.70. The van der Waals surface area contributed by atoms with Crippen LogP contribution in [0.5, 0.6) is 0 Å². The van der Waals surface area contributed by atoms with E-state index >= 15 is 0 Å². The average Bonchev–Trinajstić information content (AvgIpc) is 3.23. The van der Waals surface area contributed by atoms with E-state index in [0.29, 0.717) is 11.4 Å². The molecule has 4 rings (SSSR count). The molecule has 2 heterocycles. The number of halogens is 3. The summed E-state index contributed by atoms with van der Waals surface area (Å²) in [6.07, 6.45) is -3.05. The Hall–Kier alpha value is -4.48. The van der Waals surface area contributed by atoms with E-state index in [9.17, 15) is 22.8 Å². The minimum Gasteiger partial charge on any atom is -0.399 e. The van der Waals surface area contributed by atoms with Crippen molar-refractivity contribution in [1.29, 1.82) is 0 Å². The van der Waals surface area contributed by atoms with E-state index in [-0.39, 0.29) is 22.5 Å². The third kappa shape index (κ3) is 4.63. The largest absolute Gasteiger partial charge is 0.416 e. The van der Waals surface area contributed by atoms with Crippen molar-refractivity contribution in [3.05, 3.63) is 93.2 Å². The van der Waals surface area contributed by atoms with Crippen molar-refractivity contribution in [2.45, 2.75) is 25.9 Å². The number of hydrogen-bond acceptors (Lipinski definition) is 6. The molecule has 9 nitrogen and oxygen atoms in total. The molecule has 35 heavy (non-hydrogen) atoms. The number of alkyl halides is 3. The van der Waals surface area contributed by atoms with Gasteiger partial charge in [0.2, 0.25) is 0 Å². The lowest BCUT2D eigenvalue weighted by atomic mass is 9.90. The highest BCUT2D eigenvalue weighted by molar-refractivity contribution is 5.92. The molecule has 2 aromatic heterocycles. The zero-order chi connectivity index (χ0) is 25.5. The standard InChI is InChI=1S/C23H20F3N7O2/c1-12-11-29-31-32(12)17-4-3-5-18(9-17)33-20(34)10-19(21(30-33)22(28)35)13(2)14-6-15(23(24,25)26)8-16(27)7-14/h3-11,13H,27H2,1-2H3,(H2,28,35). The minimum atomic E-state index is -4.62. The summed E-state index contributed by atoms with van der Waals surface area (Å²) in [4.78, 5) is 25.3. The first-order valence-electron chi connectivity index (χ1n) is 10.4. The molecular formula is C23H20F3N7O2. The van der Waals surface area contributed by atoms with Gasteiger partial charge in [0.05, 0.1) is 28.8 Å². The number of benzene rings is 2. The summed E-state index contributed by atoms with van der Waals surface area (Å²) in [5.41, 5.74) is 11.2. The van der Waals surface area contributed by atoms with Crippen molar-refractivity contribution in [3.8, 4) is 11.4 Å². The van der Waals surface area contributed by atoms with Crippen LogP contribution >= 0.6 is 0 Å². The fourth-order valence-corrected chi connectivity index (χ4v) is 3.74. The second-order valence-electron chi connectivity index (χ2n) is 7.98. The number of anilines is 1. The number of hydrogen-bond donors (Lipinski definition) is 2. The predicted molar refractivity (Wildman–Crippen MR) is 121 cm³/mol. The number of aryl methyl sites for hydroxylation is 1. The van der Waals surface area contributed by atoms with Gasteiger partial charge in [0, 0.05) is 17.7 Å². The maximum atomic E-state index is 13.3. The van der Waals surface area contributed by atoms with Gasteiger partial charge in [-0.25, -0.2) is 4.68 Å². The zero-order valence-electron chi connectivity index (χ0n) is 18.6. The van der Waals surface area contributed by atoms with Crippen LogP contribution in [0.25, 0.3) is 11.4 Å². The Bertz CT molecular complexity index is 1490. The van der Waals surface area contributed by atoms with Crippen molar-refractivity contribution in [1.82, 2.24) is 24.8 Å². The van der Waals surface area contributed by atoms with Gasteiger partial charge in [-0.3, -0.25) is 9.59 Å². The summed E-state index contributed by atoms with van der Waals surface area (Å²) in [6, 6.07) is 10.9. The Morgan fingerprint density at radius 2 is 1.74 bits per heavy atom. The second-order valence-corrected chi connectivity index (χ2v) is 7.98. The summed E-state index contributed by atoms with van der Waals surface area (Å²) in [6.45, 7) is 3.34. The fraction of sp³-hybridized carbons (Fsp3) is 0.174. The molecule has 1 atom stereocenters. The van der Waals surface area contributed by atoms with Crippen LogP contribution in [0.4, 0.5) is 18.9 Å². The molecule has 2 aromatic carbocycles. The Kier molecular flexibility index (Phi) is 5.89. The molecule has 0 spiro atoms. The summed E-state index contributed by atoms with van der Waals surface area (Å²) < 4.78 is 42.4. The quantitative estimate of drug-likeness (QED) is 0.419.